The molecule has 3 aromatic rings. The molecule has 3 heterocycles. The second kappa shape index (κ2) is 6.33. The second-order valence-electron chi connectivity index (χ2n) is 6.00. The van der Waals surface area contributed by atoms with Crippen LogP contribution in [-0.4, -0.2) is 34.4 Å². The number of carbonyl (C=O) groups is 1. The minimum absolute atomic E-state index is 0.00568. The van der Waals surface area contributed by atoms with Crippen LogP contribution in [0.15, 0.2) is 42.6 Å². The Morgan fingerprint density at radius 3 is 3.00 bits per heavy atom. The number of halogens is 1. The zero-order valence-corrected chi connectivity index (χ0v) is 14.5. The number of rotatable bonds is 2. The van der Waals surface area contributed by atoms with E-state index in [1.165, 1.54) is 0 Å². The fraction of sp³-hybridized carbons (Fsp3) is 0.211. The molecule has 6 heteroatoms. The summed E-state index contributed by atoms with van der Waals surface area (Å²) in [6, 6.07) is 11.1. The molecule has 0 spiro atoms. The number of nitrogens with zero attached hydrogens (tertiary/aromatic N) is 3. The molecule has 0 unspecified atom stereocenters. The Bertz CT molecular complexity index is 974. The highest BCUT2D eigenvalue weighted by molar-refractivity contribution is 6.31. The topological polar surface area (TPSA) is 55.3 Å². The van der Waals surface area contributed by atoms with Crippen LogP contribution in [0.1, 0.15) is 21.6 Å². The molecule has 1 aromatic carbocycles. The first-order valence-electron chi connectivity index (χ1n) is 8.01. The lowest BCUT2D eigenvalue weighted by molar-refractivity contribution is 0.0733. The highest BCUT2D eigenvalue weighted by Crippen LogP contribution is 2.25. The van der Waals surface area contributed by atoms with Crippen LogP contribution in [-0.2, 0) is 13.0 Å². The average molecular weight is 354 g/mol. The van der Waals surface area contributed by atoms with Crippen LogP contribution in [0.4, 0.5) is 0 Å². The number of aromatic nitrogens is 2. The maximum Gasteiger partial charge on any atom is 0.254 e. The van der Waals surface area contributed by atoms with Gasteiger partial charge in [-0.15, -0.1) is 0 Å². The Kier molecular flexibility index (Phi) is 4.01. The summed E-state index contributed by atoms with van der Waals surface area (Å²) in [5.74, 6) is 0.672. The van der Waals surface area contributed by atoms with E-state index in [0.29, 0.717) is 41.5 Å². The van der Waals surface area contributed by atoms with E-state index in [-0.39, 0.29) is 5.91 Å². The molecule has 0 fully saturated rings. The maximum absolute atomic E-state index is 12.8. The van der Waals surface area contributed by atoms with Crippen LogP contribution in [0, 0.1) is 0 Å². The molecule has 0 bridgehead atoms. The number of methoxy groups -OCH3 is 1. The van der Waals surface area contributed by atoms with Gasteiger partial charge >= 0.3 is 0 Å². The zero-order valence-electron chi connectivity index (χ0n) is 13.7. The van der Waals surface area contributed by atoms with E-state index in [4.69, 9.17) is 16.3 Å². The molecule has 0 saturated heterocycles. The smallest absolute Gasteiger partial charge is 0.254 e. The first kappa shape index (κ1) is 15.8. The van der Waals surface area contributed by atoms with Crippen molar-refractivity contribution >= 4 is 28.5 Å². The Morgan fingerprint density at radius 1 is 1.28 bits per heavy atom. The van der Waals surface area contributed by atoms with Crippen LogP contribution in [0.5, 0.6) is 5.75 Å². The summed E-state index contributed by atoms with van der Waals surface area (Å²) < 4.78 is 5.21. The maximum atomic E-state index is 12.8. The largest absolute Gasteiger partial charge is 0.497 e. The molecule has 2 aromatic heterocycles. The lowest BCUT2D eigenvalue weighted by Crippen LogP contribution is -2.36. The molecular formula is C19H16ClN3O2. The highest BCUT2D eigenvalue weighted by atomic mass is 35.5. The van der Waals surface area contributed by atoms with Crippen molar-refractivity contribution in [1.82, 2.24) is 14.9 Å². The van der Waals surface area contributed by atoms with Gasteiger partial charge in [0, 0.05) is 42.4 Å². The molecule has 0 N–H and O–H groups in total. The van der Waals surface area contributed by atoms with Gasteiger partial charge in [-0.3, -0.25) is 4.79 Å². The SMILES string of the molecule is COc1cccc(C(=O)N2CCc3nc4ncc(Cl)cc4cc3C2)c1. The standard InChI is InChI=1S/C19H16ClN3O2/c1-25-16-4-2-3-12(9-16)19(24)23-6-5-17-14(11-23)7-13-8-15(20)10-21-18(13)22-17/h2-4,7-10H,5-6,11H2,1H3. The third-order valence-corrected chi connectivity index (χ3v) is 4.59. The van der Waals surface area contributed by atoms with E-state index in [1.54, 1.807) is 19.4 Å². The number of amides is 1. The zero-order chi connectivity index (χ0) is 17.4. The fourth-order valence-corrected chi connectivity index (χ4v) is 3.28. The van der Waals surface area contributed by atoms with E-state index < -0.39 is 0 Å². The van der Waals surface area contributed by atoms with Gasteiger partial charge in [0.15, 0.2) is 5.65 Å². The fourth-order valence-electron chi connectivity index (χ4n) is 3.11. The summed E-state index contributed by atoms with van der Waals surface area (Å²) in [4.78, 5) is 23.5. The summed E-state index contributed by atoms with van der Waals surface area (Å²) in [6.45, 7) is 1.16. The summed E-state index contributed by atoms with van der Waals surface area (Å²) in [5, 5.41) is 1.47. The van der Waals surface area contributed by atoms with Gasteiger partial charge in [0.05, 0.1) is 12.1 Å². The molecule has 0 radical (unpaired) electrons. The molecular weight excluding hydrogens is 338 g/mol. The van der Waals surface area contributed by atoms with Crippen LogP contribution in [0.2, 0.25) is 5.02 Å². The van der Waals surface area contributed by atoms with Gasteiger partial charge in [-0.25, -0.2) is 9.97 Å². The quantitative estimate of drug-likeness (QED) is 0.707. The van der Waals surface area contributed by atoms with Crippen molar-refractivity contribution < 1.29 is 9.53 Å². The van der Waals surface area contributed by atoms with Gasteiger partial charge in [0.1, 0.15) is 5.75 Å². The summed E-state index contributed by atoms with van der Waals surface area (Å²) in [5.41, 5.74) is 3.35. The number of hydrogen-bond donors (Lipinski definition) is 0. The molecule has 1 amide bonds. The Hall–Kier alpha value is -2.66. The summed E-state index contributed by atoms with van der Waals surface area (Å²) in [7, 11) is 1.59. The minimum atomic E-state index is -0.00568. The number of benzene rings is 1. The van der Waals surface area contributed by atoms with Gasteiger partial charge in [-0.1, -0.05) is 17.7 Å². The van der Waals surface area contributed by atoms with E-state index in [1.807, 2.05) is 35.2 Å². The average Bonchev–Trinajstić information content (AvgIpc) is 2.65. The minimum Gasteiger partial charge on any atom is -0.497 e. The van der Waals surface area contributed by atoms with Crippen molar-refractivity contribution in [1.29, 1.82) is 0 Å². The molecule has 0 aliphatic carbocycles. The van der Waals surface area contributed by atoms with Crippen molar-refractivity contribution in [3.63, 3.8) is 0 Å². The number of carbonyl (C=O) groups excluding carboxylic acids is 1. The lowest BCUT2D eigenvalue weighted by Gasteiger charge is -2.28. The van der Waals surface area contributed by atoms with E-state index in [9.17, 15) is 4.79 Å². The molecule has 4 rings (SSSR count). The van der Waals surface area contributed by atoms with Crippen molar-refractivity contribution in [3.05, 3.63) is 64.4 Å². The lowest BCUT2D eigenvalue weighted by atomic mass is 10.0. The van der Waals surface area contributed by atoms with Crippen molar-refractivity contribution in [2.24, 2.45) is 0 Å². The third kappa shape index (κ3) is 3.03. The van der Waals surface area contributed by atoms with Gasteiger partial charge in [0.2, 0.25) is 0 Å². The van der Waals surface area contributed by atoms with Gasteiger partial charge < -0.3 is 9.64 Å². The van der Waals surface area contributed by atoms with E-state index in [0.717, 1.165) is 16.6 Å². The molecule has 25 heavy (non-hydrogen) atoms. The first-order valence-corrected chi connectivity index (χ1v) is 8.39. The number of hydrogen-bond acceptors (Lipinski definition) is 4. The summed E-state index contributed by atoms with van der Waals surface area (Å²) in [6.07, 6.45) is 2.32. The molecule has 126 valence electrons. The first-order chi connectivity index (χ1) is 12.1. The van der Waals surface area contributed by atoms with Crippen molar-refractivity contribution in [3.8, 4) is 5.75 Å². The molecule has 1 aliphatic heterocycles. The molecule has 5 nitrogen and oxygen atoms in total. The van der Waals surface area contributed by atoms with Crippen LogP contribution in [0.3, 0.4) is 0 Å². The molecule has 0 saturated carbocycles. The highest BCUT2D eigenvalue weighted by Gasteiger charge is 2.23. The predicted molar refractivity (Wildman–Crippen MR) is 96.0 cm³/mol. The van der Waals surface area contributed by atoms with Gasteiger partial charge in [0.25, 0.3) is 5.91 Å². The Morgan fingerprint density at radius 2 is 2.16 bits per heavy atom. The third-order valence-electron chi connectivity index (χ3n) is 4.39. The van der Waals surface area contributed by atoms with Gasteiger partial charge in [-0.2, -0.15) is 0 Å². The molecule has 1 aliphatic rings. The van der Waals surface area contributed by atoms with Crippen LogP contribution in [0.25, 0.3) is 11.0 Å². The van der Waals surface area contributed by atoms with Crippen molar-refractivity contribution in [2.45, 2.75) is 13.0 Å². The van der Waals surface area contributed by atoms with Crippen LogP contribution >= 0.6 is 11.6 Å². The van der Waals surface area contributed by atoms with E-state index >= 15 is 0 Å². The summed E-state index contributed by atoms with van der Waals surface area (Å²) >= 11 is 6.02. The number of fused-ring (bicyclic) bond motifs is 2. The Labute approximate surface area is 150 Å². The van der Waals surface area contributed by atoms with Gasteiger partial charge in [-0.05, 0) is 35.9 Å². The number of ether oxygens (including phenoxy) is 1. The normalized spacial score (nSPS) is 13.6. The monoisotopic (exact) mass is 353 g/mol. The molecule has 0 atom stereocenters. The van der Waals surface area contributed by atoms with Crippen LogP contribution < -0.4 is 4.74 Å². The van der Waals surface area contributed by atoms with Crippen molar-refractivity contribution in [2.75, 3.05) is 13.7 Å². The Balaban J connectivity index is 1.64. The number of pyridine rings is 2. The van der Waals surface area contributed by atoms with E-state index in [2.05, 4.69) is 9.97 Å². The predicted octanol–water partition coefficient (Wildman–Crippen LogP) is 3.49. The second-order valence-corrected chi connectivity index (χ2v) is 6.44.